The molecule has 0 unspecified atom stereocenters. The number of anilines is 1. The summed E-state index contributed by atoms with van der Waals surface area (Å²) in [6, 6.07) is 4.06. The Balaban J connectivity index is 0.00000400. The minimum absolute atomic E-state index is 0. The van der Waals surface area contributed by atoms with E-state index in [1.165, 1.54) is 0 Å². The van der Waals surface area contributed by atoms with Crippen LogP contribution in [0.25, 0.3) is 0 Å². The van der Waals surface area contributed by atoms with Crippen LogP contribution in [0.15, 0.2) is 23.3 Å². The molecule has 1 aromatic heterocycles. The zero-order valence-electron chi connectivity index (χ0n) is 13.9. The van der Waals surface area contributed by atoms with Gasteiger partial charge in [0.25, 0.3) is 0 Å². The summed E-state index contributed by atoms with van der Waals surface area (Å²) in [5.41, 5.74) is 1.14. The molecule has 5 nitrogen and oxygen atoms in total. The van der Waals surface area contributed by atoms with Gasteiger partial charge in [-0.2, -0.15) is 0 Å². The van der Waals surface area contributed by atoms with E-state index in [9.17, 15) is 0 Å². The number of nitrogens with one attached hydrogen (secondary N) is 2. The molecule has 0 atom stereocenters. The number of aliphatic imine (C=N–C) groups is 1. The second-order valence-electron chi connectivity index (χ2n) is 5.99. The van der Waals surface area contributed by atoms with Crippen molar-refractivity contribution in [2.24, 2.45) is 4.99 Å². The summed E-state index contributed by atoms with van der Waals surface area (Å²) < 4.78 is 0. The van der Waals surface area contributed by atoms with Gasteiger partial charge < -0.3 is 15.5 Å². The van der Waals surface area contributed by atoms with Gasteiger partial charge in [-0.05, 0) is 45.4 Å². The van der Waals surface area contributed by atoms with Gasteiger partial charge in [0.2, 0.25) is 0 Å². The third-order valence-electron chi connectivity index (χ3n) is 2.53. The van der Waals surface area contributed by atoms with E-state index in [2.05, 4.69) is 54.4 Å². The van der Waals surface area contributed by atoms with Crippen LogP contribution in [0.5, 0.6) is 0 Å². The normalized spacial score (nSPS) is 11.6. The van der Waals surface area contributed by atoms with Crippen LogP contribution < -0.4 is 15.5 Å². The van der Waals surface area contributed by atoms with Crippen molar-refractivity contribution in [3.8, 4) is 0 Å². The molecule has 0 amide bonds. The van der Waals surface area contributed by atoms with Gasteiger partial charge in [-0.15, -0.1) is 24.0 Å². The molecule has 6 heteroatoms. The van der Waals surface area contributed by atoms with Crippen molar-refractivity contribution in [3.63, 3.8) is 0 Å². The van der Waals surface area contributed by atoms with E-state index in [4.69, 9.17) is 0 Å². The van der Waals surface area contributed by atoms with Crippen molar-refractivity contribution in [1.82, 2.24) is 15.6 Å². The molecule has 0 aliphatic rings. The van der Waals surface area contributed by atoms with Gasteiger partial charge in [0.1, 0.15) is 5.82 Å². The highest BCUT2D eigenvalue weighted by Gasteiger charge is 2.11. The maximum absolute atomic E-state index is 4.62. The Kier molecular flexibility index (Phi) is 8.61. The number of halogens is 1. The SMILES string of the molecule is CCNC(=NCc1ccnc(N(C)C)c1)NC(C)(C)C.I. The minimum Gasteiger partial charge on any atom is -0.363 e. The first-order valence-corrected chi connectivity index (χ1v) is 7.00. The van der Waals surface area contributed by atoms with Crippen molar-refractivity contribution in [2.75, 3.05) is 25.5 Å². The molecular weight excluding hydrogens is 377 g/mol. The fourth-order valence-electron chi connectivity index (χ4n) is 1.64. The number of pyridine rings is 1. The summed E-state index contributed by atoms with van der Waals surface area (Å²) in [7, 11) is 3.97. The molecule has 0 saturated heterocycles. The number of hydrogen-bond donors (Lipinski definition) is 2. The monoisotopic (exact) mass is 405 g/mol. The third-order valence-corrected chi connectivity index (χ3v) is 2.53. The molecule has 1 aromatic rings. The maximum Gasteiger partial charge on any atom is 0.191 e. The predicted molar refractivity (Wildman–Crippen MR) is 102 cm³/mol. The quantitative estimate of drug-likeness (QED) is 0.460. The standard InChI is InChI=1S/C15H27N5.HI/c1-7-16-14(19-15(2,3)4)18-11-12-8-9-17-13(10-12)20(5)6;/h8-10H,7,11H2,1-6H3,(H2,16,18,19);1H. The summed E-state index contributed by atoms with van der Waals surface area (Å²) in [5.74, 6) is 1.79. The molecule has 0 aliphatic heterocycles. The first-order valence-electron chi connectivity index (χ1n) is 7.00. The molecule has 0 radical (unpaired) electrons. The molecule has 2 N–H and O–H groups in total. The van der Waals surface area contributed by atoms with Crippen molar-refractivity contribution in [3.05, 3.63) is 23.9 Å². The molecule has 1 heterocycles. The second-order valence-corrected chi connectivity index (χ2v) is 5.99. The van der Waals surface area contributed by atoms with Crippen molar-refractivity contribution in [1.29, 1.82) is 0 Å². The van der Waals surface area contributed by atoms with E-state index in [0.717, 1.165) is 23.9 Å². The van der Waals surface area contributed by atoms with E-state index < -0.39 is 0 Å². The Hall–Kier alpha value is -1.05. The second kappa shape index (κ2) is 9.07. The van der Waals surface area contributed by atoms with Crippen molar-refractivity contribution in [2.45, 2.75) is 39.8 Å². The predicted octanol–water partition coefficient (Wildman–Crippen LogP) is 2.62. The molecule has 0 saturated carbocycles. The van der Waals surface area contributed by atoms with Crippen LogP contribution in [-0.2, 0) is 6.54 Å². The van der Waals surface area contributed by atoms with Crippen LogP contribution in [0, 0.1) is 0 Å². The third kappa shape index (κ3) is 8.08. The molecule has 0 aromatic carbocycles. The fraction of sp³-hybridized carbons (Fsp3) is 0.600. The lowest BCUT2D eigenvalue weighted by Crippen LogP contribution is -2.47. The molecule has 21 heavy (non-hydrogen) atoms. The van der Waals surface area contributed by atoms with Crippen LogP contribution in [0.3, 0.4) is 0 Å². The molecule has 120 valence electrons. The molecular formula is C15H28IN5. The Morgan fingerprint density at radius 1 is 1.33 bits per heavy atom. The highest BCUT2D eigenvalue weighted by Crippen LogP contribution is 2.10. The van der Waals surface area contributed by atoms with Crippen molar-refractivity contribution < 1.29 is 0 Å². The highest BCUT2D eigenvalue weighted by atomic mass is 127. The minimum atomic E-state index is -0.00591. The Bertz CT molecular complexity index is 452. The molecule has 0 fully saturated rings. The number of aromatic nitrogens is 1. The van der Waals surface area contributed by atoms with Gasteiger partial charge in [-0.3, -0.25) is 0 Å². The summed E-state index contributed by atoms with van der Waals surface area (Å²) in [6.45, 7) is 9.91. The lowest BCUT2D eigenvalue weighted by Gasteiger charge is -2.23. The lowest BCUT2D eigenvalue weighted by atomic mass is 10.1. The first-order chi connectivity index (χ1) is 9.31. The summed E-state index contributed by atoms with van der Waals surface area (Å²) in [5, 5.41) is 6.64. The summed E-state index contributed by atoms with van der Waals surface area (Å²) >= 11 is 0. The van der Waals surface area contributed by atoms with Crippen molar-refractivity contribution >= 4 is 35.8 Å². The van der Waals surface area contributed by atoms with Crippen LogP contribution in [0.4, 0.5) is 5.82 Å². The average molecular weight is 405 g/mol. The van der Waals surface area contributed by atoms with Gasteiger partial charge in [0.15, 0.2) is 5.96 Å². The summed E-state index contributed by atoms with van der Waals surface area (Å²) in [6.07, 6.45) is 1.82. The van der Waals surface area contributed by atoms with E-state index in [1.54, 1.807) is 0 Å². The van der Waals surface area contributed by atoms with Gasteiger partial charge in [-0.25, -0.2) is 9.98 Å². The van der Waals surface area contributed by atoms with E-state index >= 15 is 0 Å². The molecule has 0 spiro atoms. The molecule has 0 aliphatic carbocycles. The van der Waals surface area contributed by atoms with Crippen LogP contribution in [-0.4, -0.2) is 37.1 Å². The Labute approximate surface area is 145 Å². The van der Waals surface area contributed by atoms with Gasteiger partial charge >= 0.3 is 0 Å². The number of hydrogen-bond acceptors (Lipinski definition) is 3. The number of rotatable bonds is 4. The Morgan fingerprint density at radius 3 is 2.52 bits per heavy atom. The molecule has 1 rings (SSSR count). The lowest BCUT2D eigenvalue weighted by molar-refractivity contribution is 0.501. The van der Waals surface area contributed by atoms with Crippen LogP contribution >= 0.6 is 24.0 Å². The van der Waals surface area contributed by atoms with E-state index in [1.807, 2.05) is 31.3 Å². The van der Waals surface area contributed by atoms with Crippen LogP contribution in [0.2, 0.25) is 0 Å². The summed E-state index contributed by atoms with van der Waals surface area (Å²) in [4.78, 5) is 10.9. The Morgan fingerprint density at radius 2 is 2.00 bits per heavy atom. The van der Waals surface area contributed by atoms with E-state index in [-0.39, 0.29) is 29.5 Å². The topological polar surface area (TPSA) is 52.6 Å². The van der Waals surface area contributed by atoms with Gasteiger partial charge in [-0.1, -0.05) is 0 Å². The first kappa shape index (κ1) is 19.9. The smallest absolute Gasteiger partial charge is 0.191 e. The zero-order chi connectivity index (χ0) is 15.2. The van der Waals surface area contributed by atoms with Gasteiger partial charge in [0.05, 0.1) is 6.54 Å². The largest absolute Gasteiger partial charge is 0.363 e. The number of guanidine groups is 1. The highest BCUT2D eigenvalue weighted by molar-refractivity contribution is 14.0. The average Bonchev–Trinajstić information content (AvgIpc) is 2.35. The number of nitrogens with zero attached hydrogens (tertiary/aromatic N) is 3. The fourth-order valence-corrected chi connectivity index (χ4v) is 1.64. The van der Waals surface area contributed by atoms with Gasteiger partial charge in [0, 0.05) is 32.4 Å². The maximum atomic E-state index is 4.62. The van der Waals surface area contributed by atoms with E-state index in [0.29, 0.717) is 6.54 Å². The zero-order valence-corrected chi connectivity index (χ0v) is 16.2. The van der Waals surface area contributed by atoms with Crippen LogP contribution in [0.1, 0.15) is 33.3 Å². The molecule has 0 bridgehead atoms.